The number of nitro groups is 1. The third-order valence-electron chi connectivity index (χ3n) is 4.99. The van der Waals surface area contributed by atoms with Crippen LogP contribution in [-0.4, -0.2) is 29.8 Å². The molecule has 3 rings (SSSR count). The molecule has 34 heavy (non-hydrogen) atoms. The Hall–Kier alpha value is -3.79. The van der Waals surface area contributed by atoms with Crippen LogP contribution in [0.3, 0.4) is 0 Å². The standard InChI is InChI=1S/C24H25N5O4.ClH/c25-13-11-16-1-6-19(7-2-16)27-23(30)18-5-10-21(22(15-18)29(32)33)24(31)28-20-8-3-17(4-9-20)12-14-26;/h1-10,15H,11-14,25-26H2,(H,27,30)(H,28,31);1H. The summed E-state index contributed by atoms with van der Waals surface area (Å²) in [6.07, 6.45) is 1.43. The minimum Gasteiger partial charge on any atom is -0.330 e. The van der Waals surface area contributed by atoms with Gasteiger partial charge in [0.25, 0.3) is 17.5 Å². The molecule has 0 atom stereocenters. The lowest BCUT2D eigenvalue weighted by molar-refractivity contribution is -0.385. The van der Waals surface area contributed by atoms with Crippen LogP contribution in [0.1, 0.15) is 31.8 Å². The van der Waals surface area contributed by atoms with E-state index in [0.717, 1.165) is 23.6 Å². The maximum Gasteiger partial charge on any atom is 0.282 e. The topological polar surface area (TPSA) is 153 Å². The van der Waals surface area contributed by atoms with Gasteiger partial charge in [-0.25, -0.2) is 0 Å². The minimum absolute atomic E-state index is 0. The third kappa shape index (κ3) is 6.85. The SMILES string of the molecule is Cl.NCCc1ccc(NC(=O)c2ccc(C(=O)Nc3ccc(CCN)cc3)c([N+](=O)[O-])c2)cc1. The summed E-state index contributed by atoms with van der Waals surface area (Å²) in [6.45, 7) is 1.03. The molecule has 0 aromatic heterocycles. The highest BCUT2D eigenvalue weighted by atomic mass is 35.5. The molecular formula is C24H26ClN5O4. The number of anilines is 2. The third-order valence-corrected chi connectivity index (χ3v) is 4.99. The maximum atomic E-state index is 12.7. The molecule has 0 radical (unpaired) electrons. The Bertz CT molecular complexity index is 1150. The van der Waals surface area contributed by atoms with Crippen molar-refractivity contribution in [2.75, 3.05) is 23.7 Å². The first-order valence-corrected chi connectivity index (χ1v) is 10.4. The summed E-state index contributed by atoms with van der Waals surface area (Å²) in [5.74, 6) is -1.16. The summed E-state index contributed by atoms with van der Waals surface area (Å²) in [5, 5.41) is 16.9. The molecule has 2 amide bonds. The van der Waals surface area contributed by atoms with Gasteiger partial charge in [-0.1, -0.05) is 24.3 Å². The average molecular weight is 484 g/mol. The number of nitro benzene ring substituents is 1. The molecule has 0 heterocycles. The first-order chi connectivity index (χ1) is 15.9. The van der Waals surface area contributed by atoms with Crippen molar-refractivity contribution in [2.45, 2.75) is 12.8 Å². The molecule has 6 N–H and O–H groups in total. The highest BCUT2D eigenvalue weighted by Gasteiger charge is 2.23. The molecule has 0 bridgehead atoms. The predicted octanol–water partition coefficient (Wildman–Crippen LogP) is 3.52. The van der Waals surface area contributed by atoms with Crippen molar-refractivity contribution in [3.8, 4) is 0 Å². The number of amides is 2. The van der Waals surface area contributed by atoms with Gasteiger partial charge >= 0.3 is 0 Å². The number of benzene rings is 3. The van der Waals surface area contributed by atoms with Crippen LogP contribution in [0.15, 0.2) is 66.7 Å². The second-order valence-corrected chi connectivity index (χ2v) is 7.37. The van der Waals surface area contributed by atoms with Crippen molar-refractivity contribution < 1.29 is 14.5 Å². The Morgan fingerprint density at radius 1 is 0.765 bits per heavy atom. The lowest BCUT2D eigenvalue weighted by Gasteiger charge is -2.09. The van der Waals surface area contributed by atoms with E-state index in [1.807, 2.05) is 24.3 Å². The van der Waals surface area contributed by atoms with Crippen molar-refractivity contribution in [2.24, 2.45) is 11.5 Å². The number of carbonyl (C=O) groups excluding carboxylic acids is 2. The van der Waals surface area contributed by atoms with E-state index in [2.05, 4.69) is 10.6 Å². The smallest absolute Gasteiger partial charge is 0.282 e. The normalized spacial score (nSPS) is 10.2. The van der Waals surface area contributed by atoms with Crippen LogP contribution in [0, 0.1) is 10.1 Å². The quantitative estimate of drug-likeness (QED) is 0.269. The maximum absolute atomic E-state index is 12.7. The predicted molar refractivity (Wildman–Crippen MR) is 135 cm³/mol. The molecule has 0 saturated heterocycles. The molecule has 0 unspecified atom stereocenters. The molecule has 0 saturated carbocycles. The van der Waals surface area contributed by atoms with Gasteiger partial charge in [0.2, 0.25) is 0 Å². The highest BCUT2D eigenvalue weighted by Crippen LogP contribution is 2.23. The largest absolute Gasteiger partial charge is 0.330 e. The number of carbonyl (C=O) groups is 2. The highest BCUT2D eigenvalue weighted by molar-refractivity contribution is 6.09. The van der Waals surface area contributed by atoms with E-state index < -0.39 is 22.4 Å². The van der Waals surface area contributed by atoms with Gasteiger partial charge in [0.05, 0.1) is 4.92 Å². The second-order valence-electron chi connectivity index (χ2n) is 7.37. The average Bonchev–Trinajstić information content (AvgIpc) is 2.81. The van der Waals surface area contributed by atoms with Gasteiger partial charge in [0.15, 0.2) is 0 Å². The number of nitrogens with one attached hydrogen (secondary N) is 2. The van der Waals surface area contributed by atoms with Crippen LogP contribution < -0.4 is 22.1 Å². The number of hydrogen-bond donors (Lipinski definition) is 4. The monoisotopic (exact) mass is 483 g/mol. The van der Waals surface area contributed by atoms with Crippen molar-refractivity contribution in [1.82, 2.24) is 0 Å². The van der Waals surface area contributed by atoms with Gasteiger partial charge in [0, 0.05) is 23.0 Å². The second kappa shape index (κ2) is 12.4. The van der Waals surface area contributed by atoms with Crippen molar-refractivity contribution >= 4 is 41.3 Å². The van der Waals surface area contributed by atoms with Crippen LogP contribution in [-0.2, 0) is 12.8 Å². The van der Waals surface area contributed by atoms with Crippen LogP contribution >= 0.6 is 12.4 Å². The Morgan fingerprint density at radius 2 is 1.24 bits per heavy atom. The molecule has 0 aliphatic heterocycles. The van der Waals surface area contributed by atoms with E-state index in [1.165, 1.54) is 12.1 Å². The van der Waals surface area contributed by atoms with Gasteiger partial charge in [-0.05, 0) is 73.5 Å². The summed E-state index contributed by atoms with van der Waals surface area (Å²) in [4.78, 5) is 36.2. The van der Waals surface area contributed by atoms with Crippen molar-refractivity contribution in [3.63, 3.8) is 0 Å². The van der Waals surface area contributed by atoms with Crippen molar-refractivity contribution in [3.05, 3.63) is 99.1 Å². The van der Waals surface area contributed by atoms with E-state index in [1.54, 1.807) is 24.3 Å². The lowest BCUT2D eigenvalue weighted by Crippen LogP contribution is -2.16. The Balaban J connectivity index is 0.00000408. The van der Waals surface area contributed by atoms with Gasteiger partial charge < -0.3 is 22.1 Å². The molecule has 0 aliphatic carbocycles. The Labute approximate surface area is 203 Å². The van der Waals surface area contributed by atoms with Gasteiger partial charge in [-0.15, -0.1) is 12.4 Å². The summed E-state index contributed by atoms with van der Waals surface area (Å²) in [6, 6.07) is 18.0. The van der Waals surface area contributed by atoms with E-state index >= 15 is 0 Å². The summed E-state index contributed by atoms with van der Waals surface area (Å²) in [5.41, 5.74) is 13.6. The summed E-state index contributed by atoms with van der Waals surface area (Å²) >= 11 is 0. The Kier molecular flexibility index (Phi) is 9.69. The number of hydrogen-bond acceptors (Lipinski definition) is 6. The van der Waals surface area contributed by atoms with Crippen molar-refractivity contribution in [1.29, 1.82) is 0 Å². The summed E-state index contributed by atoms with van der Waals surface area (Å²) < 4.78 is 0. The van der Waals surface area contributed by atoms with Gasteiger partial charge in [0.1, 0.15) is 5.56 Å². The van der Waals surface area contributed by atoms with Crippen LogP contribution in [0.25, 0.3) is 0 Å². The molecule has 0 aliphatic rings. The fourth-order valence-electron chi connectivity index (χ4n) is 3.26. The molecule has 3 aromatic carbocycles. The first-order valence-electron chi connectivity index (χ1n) is 10.4. The molecule has 9 nitrogen and oxygen atoms in total. The van der Waals surface area contributed by atoms with Crippen LogP contribution in [0.4, 0.5) is 17.1 Å². The molecule has 178 valence electrons. The first kappa shape index (κ1) is 26.5. The minimum atomic E-state index is -0.683. The molecule has 0 spiro atoms. The molecule has 3 aromatic rings. The van der Waals surface area contributed by atoms with Crippen LogP contribution in [0.5, 0.6) is 0 Å². The van der Waals surface area contributed by atoms with Gasteiger partial charge in [-0.3, -0.25) is 19.7 Å². The fourth-order valence-corrected chi connectivity index (χ4v) is 3.26. The van der Waals surface area contributed by atoms with E-state index in [4.69, 9.17) is 11.5 Å². The summed E-state index contributed by atoms with van der Waals surface area (Å²) in [7, 11) is 0. The zero-order chi connectivity index (χ0) is 23.8. The molecule has 10 heteroatoms. The fraction of sp³-hybridized carbons (Fsp3) is 0.167. The molecule has 0 fully saturated rings. The zero-order valence-electron chi connectivity index (χ0n) is 18.3. The Morgan fingerprint density at radius 3 is 1.68 bits per heavy atom. The van der Waals surface area contributed by atoms with E-state index in [0.29, 0.717) is 30.9 Å². The molecular weight excluding hydrogens is 458 g/mol. The van der Waals surface area contributed by atoms with E-state index in [9.17, 15) is 19.7 Å². The van der Waals surface area contributed by atoms with Crippen LogP contribution in [0.2, 0.25) is 0 Å². The number of rotatable bonds is 9. The zero-order valence-corrected chi connectivity index (χ0v) is 19.1. The van der Waals surface area contributed by atoms with E-state index in [-0.39, 0.29) is 23.5 Å². The number of nitrogens with two attached hydrogens (primary N) is 2. The number of nitrogens with zero attached hydrogens (tertiary/aromatic N) is 1. The lowest BCUT2D eigenvalue weighted by atomic mass is 10.1. The van der Waals surface area contributed by atoms with Gasteiger partial charge in [-0.2, -0.15) is 0 Å². The number of halogens is 1.